The average molecular weight is 281 g/mol. The van der Waals surface area contributed by atoms with Gasteiger partial charge in [-0.1, -0.05) is 18.2 Å². The molecule has 0 bridgehead atoms. The highest BCUT2D eigenvalue weighted by Crippen LogP contribution is 2.30. The molecule has 0 amide bonds. The van der Waals surface area contributed by atoms with Gasteiger partial charge in [0.1, 0.15) is 5.65 Å². The van der Waals surface area contributed by atoms with Crippen molar-refractivity contribution in [2.24, 2.45) is 0 Å². The van der Waals surface area contributed by atoms with E-state index in [-0.39, 0.29) is 6.61 Å². The van der Waals surface area contributed by atoms with E-state index in [0.717, 1.165) is 34.3 Å². The van der Waals surface area contributed by atoms with Crippen LogP contribution in [0.15, 0.2) is 42.7 Å². The SMILES string of the molecule is CN(C)Cc1ccc(-c2ccnc3[nH]ccc23)c(CO)c1. The van der Waals surface area contributed by atoms with Gasteiger partial charge < -0.3 is 15.0 Å². The molecule has 3 rings (SSSR count). The summed E-state index contributed by atoms with van der Waals surface area (Å²) in [5.41, 5.74) is 5.18. The lowest BCUT2D eigenvalue weighted by atomic mass is 9.96. The van der Waals surface area contributed by atoms with Crippen molar-refractivity contribution in [2.75, 3.05) is 14.1 Å². The van der Waals surface area contributed by atoms with Gasteiger partial charge in [-0.2, -0.15) is 0 Å². The Balaban J connectivity index is 2.11. The first-order chi connectivity index (χ1) is 10.2. The number of aliphatic hydroxyl groups excluding tert-OH is 1. The van der Waals surface area contributed by atoms with E-state index in [0.29, 0.717) is 0 Å². The van der Waals surface area contributed by atoms with Gasteiger partial charge in [0.05, 0.1) is 6.61 Å². The van der Waals surface area contributed by atoms with Crippen molar-refractivity contribution in [1.82, 2.24) is 14.9 Å². The molecule has 0 saturated carbocycles. The summed E-state index contributed by atoms with van der Waals surface area (Å²) in [5.74, 6) is 0. The van der Waals surface area contributed by atoms with Crippen molar-refractivity contribution in [2.45, 2.75) is 13.2 Å². The maximum absolute atomic E-state index is 9.72. The monoisotopic (exact) mass is 281 g/mol. The van der Waals surface area contributed by atoms with E-state index in [4.69, 9.17) is 0 Å². The van der Waals surface area contributed by atoms with Crippen LogP contribution < -0.4 is 0 Å². The number of H-pyrrole nitrogens is 1. The smallest absolute Gasteiger partial charge is 0.137 e. The number of benzene rings is 1. The van der Waals surface area contributed by atoms with Gasteiger partial charge >= 0.3 is 0 Å². The van der Waals surface area contributed by atoms with Crippen LogP contribution in [0, 0.1) is 0 Å². The molecule has 0 saturated heterocycles. The van der Waals surface area contributed by atoms with Crippen LogP contribution in [-0.2, 0) is 13.2 Å². The molecule has 4 nitrogen and oxygen atoms in total. The van der Waals surface area contributed by atoms with Crippen molar-refractivity contribution in [3.63, 3.8) is 0 Å². The number of aromatic amines is 1. The molecule has 0 unspecified atom stereocenters. The number of aromatic nitrogens is 2. The number of fused-ring (bicyclic) bond motifs is 1. The molecule has 0 aliphatic rings. The van der Waals surface area contributed by atoms with Crippen molar-refractivity contribution < 1.29 is 5.11 Å². The molecular weight excluding hydrogens is 262 g/mol. The Hall–Kier alpha value is -2.17. The predicted octanol–water partition coefficient (Wildman–Crippen LogP) is 2.78. The minimum absolute atomic E-state index is 0.0326. The Morgan fingerprint density at radius 1 is 1.14 bits per heavy atom. The molecule has 0 radical (unpaired) electrons. The van der Waals surface area contributed by atoms with Crippen LogP contribution in [0.5, 0.6) is 0 Å². The van der Waals surface area contributed by atoms with Gasteiger partial charge in [0.25, 0.3) is 0 Å². The Morgan fingerprint density at radius 3 is 2.76 bits per heavy atom. The fourth-order valence-electron chi connectivity index (χ4n) is 2.70. The molecule has 21 heavy (non-hydrogen) atoms. The van der Waals surface area contributed by atoms with Crippen LogP contribution in [0.3, 0.4) is 0 Å². The number of hydrogen-bond donors (Lipinski definition) is 2. The predicted molar refractivity (Wildman–Crippen MR) is 84.8 cm³/mol. The third kappa shape index (κ3) is 2.68. The van der Waals surface area contributed by atoms with Crippen molar-refractivity contribution >= 4 is 11.0 Å². The lowest BCUT2D eigenvalue weighted by molar-refractivity contribution is 0.282. The average Bonchev–Trinajstić information content (AvgIpc) is 2.95. The van der Waals surface area contributed by atoms with Gasteiger partial charge in [0.2, 0.25) is 0 Å². The lowest BCUT2D eigenvalue weighted by Crippen LogP contribution is -2.11. The standard InChI is InChI=1S/C17H19N3O/c1-20(2)10-12-3-4-14(13(9-12)11-21)15-5-7-18-17-16(15)6-8-19-17/h3-9,21H,10-11H2,1-2H3,(H,18,19). The second-order valence-corrected chi connectivity index (χ2v) is 5.49. The number of nitrogens with one attached hydrogen (secondary N) is 1. The summed E-state index contributed by atoms with van der Waals surface area (Å²) in [6.07, 6.45) is 3.68. The molecular formula is C17H19N3O. The molecule has 1 aromatic carbocycles. The van der Waals surface area contributed by atoms with Gasteiger partial charge in [-0.15, -0.1) is 0 Å². The van der Waals surface area contributed by atoms with E-state index in [2.05, 4.69) is 33.1 Å². The van der Waals surface area contributed by atoms with E-state index >= 15 is 0 Å². The van der Waals surface area contributed by atoms with Crippen molar-refractivity contribution in [3.8, 4) is 11.1 Å². The summed E-state index contributed by atoms with van der Waals surface area (Å²) in [6, 6.07) is 10.3. The fraction of sp³-hybridized carbons (Fsp3) is 0.235. The van der Waals surface area contributed by atoms with Crippen LogP contribution in [0.2, 0.25) is 0 Å². The van der Waals surface area contributed by atoms with E-state index < -0.39 is 0 Å². The molecule has 0 aliphatic heterocycles. The molecule has 3 aromatic rings. The molecule has 0 spiro atoms. The Labute approximate surface area is 124 Å². The Bertz CT molecular complexity index is 762. The fourth-order valence-corrected chi connectivity index (χ4v) is 2.70. The van der Waals surface area contributed by atoms with E-state index in [9.17, 15) is 5.11 Å². The van der Waals surface area contributed by atoms with Crippen LogP contribution in [0.25, 0.3) is 22.2 Å². The molecule has 0 aliphatic carbocycles. The summed E-state index contributed by atoms with van der Waals surface area (Å²) >= 11 is 0. The van der Waals surface area contributed by atoms with Gasteiger partial charge in [0, 0.05) is 24.3 Å². The highest BCUT2D eigenvalue weighted by Gasteiger charge is 2.10. The topological polar surface area (TPSA) is 52.2 Å². The Kier molecular flexibility index (Phi) is 3.73. The van der Waals surface area contributed by atoms with Gasteiger partial charge in [-0.05, 0) is 48.5 Å². The number of rotatable bonds is 4. The summed E-state index contributed by atoms with van der Waals surface area (Å²) in [7, 11) is 4.08. The second kappa shape index (κ2) is 5.68. The first-order valence-electron chi connectivity index (χ1n) is 6.99. The zero-order valence-corrected chi connectivity index (χ0v) is 12.3. The van der Waals surface area contributed by atoms with E-state index in [1.807, 2.05) is 32.4 Å². The maximum atomic E-state index is 9.72. The molecule has 0 atom stereocenters. The summed E-state index contributed by atoms with van der Waals surface area (Å²) < 4.78 is 0. The largest absolute Gasteiger partial charge is 0.392 e. The molecule has 4 heteroatoms. The molecule has 108 valence electrons. The first-order valence-corrected chi connectivity index (χ1v) is 6.99. The van der Waals surface area contributed by atoms with E-state index in [1.165, 1.54) is 5.56 Å². The van der Waals surface area contributed by atoms with Crippen LogP contribution in [-0.4, -0.2) is 34.1 Å². The van der Waals surface area contributed by atoms with Crippen molar-refractivity contribution in [3.05, 3.63) is 53.9 Å². The summed E-state index contributed by atoms with van der Waals surface area (Å²) in [6.45, 7) is 0.897. The second-order valence-electron chi connectivity index (χ2n) is 5.49. The van der Waals surface area contributed by atoms with Crippen LogP contribution >= 0.6 is 0 Å². The summed E-state index contributed by atoms with van der Waals surface area (Å²) in [5, 5.41) is 10.8. The molecule has 2 aromatic heterocycles. The maximum Gasteiger partial charge on any atom is 0.137 e. The molecule has 0 fully saturated rings. The van der Waals surface area contributed by atoms with Gasteiger partial charge in [-0.3, -0.25) is 0 Å². The number of hydrogen-bond acceptors (Lipinski definition) is 3. The Morgan fingerprint density at radius 2 is 2.00 bits per heavy atom. The van der Waals surface area contributed by atoms with Crippen LogP contribution in [0.4, 0.5) is 0 Å². The van der Waals surface area contributed by atoms with Crippen LogP contribution in [0.1, 0.15) is 11.1 Å². The third-order valence-corrected chi connectivity index (χ3v) is 3.59. The number of nitrogens with zero attached hydrogens (tertiary/aromatic N) is 2. The number of aliphatic hydroxyl groups is 1. The molecule has 2 heterocycles. The first kappa shape index (κ1) is 13.8. The zero-order chi connectivity index (χ0) is 14.8. The number of pyridine rings is 1. The molecule has 2 N–H and O–H groups in total. The highest BCUT2D eigenvalue weighted by atomic mass is 16.3. The zero-order valence-electron chi connectivity index (χ0n) is 12.3. The van der Waals surface area contributed by atoms with Gasteiger partial charge in [0.15, 0.2) is 0 Å². The van der Waals surface area contributed by atoms with Gasteiger partial charge in [-0.25, -0.2) is 4.98 Å². The van der Waals surface area contributed by atoms with E-state index in [1.54, 1.807) is 6.20 Å². The highest BCUT2D eigenvalue weighted by molar-refractivity contribution is 5.93. The van der Waals surface area contributed by atoms with Crippen molar-refractivity contribution in [1.29, 1.82) is 0 Å². The third-order valence-electron chi connectivity index (χ3n) is 3.59. The minimum Gasteiger partial charge on any atom is -0.392 e. The minimum atomic E-state index is 0.0326. The quantitative estimate of drug-likeness (QED) is 0.773. The normalized spacial score (nSPS) is 11.4. The lowest BCUT2D eigenvalue weighted by Gasteiger charge is -2.14. The summed E-state index contributed by atoms with van der Waals surface area (Å²) in [4.78, 5) is 9.56.